The number of aromatic amines is 1. The summed E-state index contributed by atoms with van der Waals surface area (Å²) < 4.78 is 5.26. The van der Waals surface area contributed by atoms with Crippen LogP contribution in [0.15, 0.2) is 27.8 Å². The van der Waals surface area contributed by atoms with Gasteiger partial charge in [0.1, 0.15) is 5.82 Å². The minimum absolute atomic E-state index is 0. The summed E-state index contributed by atoms with van der Waals surface area (Å²) in [7, 11) is 0. The fraction of sp³-hybridized carbons (Fsp3) is 0.500. The molecule has 0 atom stereocenters. The lowest BCUT2D eigenvalue weighted by Gasteiger charge is -2.13. The molecule has 7 nitrogen and oxygen atoms in total. The van der Waals surface area contributed by atoms with E-state index in [1.165, 1.54) is 0 Å². The zero-order chi connectivity index (χ0) is 15.1. The number of guanidine groups is 1. The number of hydrogen-bond acceptors (Lipinski definition) is 4. The number of nitrogens with zero attached hydrogens (tertiary/aromatic N) is 3. The Hall–Kier alpha value is -1.58. The fourth-order valence-electron chi connectivity index (χ4n) is 1.79. The van der Waals surface area contributed by atoms with E-state index in [9.17, 15) is 0 Å². The van der Waals surface area contributed by atoms with Gasteiger partial charge in [-0.25, -0.2) is 4.98 Å². The number of halogens is 1. The Morgan fingerprint density at radius 2 is 2.27 bits per heavy atom. The van der Waals surface area contributed by atoms with Crippen molar-refractivity contribution in [2.45, 2.75) is 33.2 Å². The molecule has 0 spiro atoms. The van der Waals surface area contributed by atoms with E-state index in [-0.39, 0.29) is 24.0 Å². The zero-order valence-electron chi connectivity index (χ0n) is 13.1. The van der Waals surface area contributed by atoms with Crippen molar-refractivity contribution in [3.63, 3.8) is 0 Å². The summed E-state index contributed by atoms with van der Waals surface area (Å²) in [4.78, 5) is 8.89. The van der Waals surface area contributed by atoms with Crippen LogP contribution in [0.1, 0.15) is 26.6 Å². The van der Waals surface area contributed by atoms with Crippen molar-refractivity contribution >= 4 is 29.9 Å². The van der Waals surface area contributed by atoms with E-state index in [0.29, 0.717) is 30.6 Å². The molecule has 0 aliphatic heterocycles. The van der Waals surface area contributed by atoms with Gasteiger partial charge in [0.25, 0.3) is 0 Å². The van der Waals surface area contributed by atoms with Crippen LogP contribution >= 0.6 is 24.0 Å². The molecule has 0 saturated heterocycles. The van der Waals surface area contributed by atoms with E-state index in [1.807, 2.05) is 19.1 Å². The Bertz CT molecular complexity index is 564. The lowest BCUT2D eigenvalue weighted by atomic mass is 10.4. The van der Waals surface area contributed by atoms with Gasteiger partial charge >= 0.3 is 0 Å². The van der Waals surface area contributed by atoms with Crippen molar-refractivity contribution in [1.29, 1.82) is 0 Å². The molecule has 0 aromatic carbocycles. The van der Waals surface area contributed by atoms with Gasteiger partial charge in [-0.3, -0.25) is 10.1 Å². The standard InChI is InChI=1S/C14H22N6O.HI/c1-4-15-14(17-10(2)3)16-8-7-12-18-13(20-19-12)11-6-5-9-21-11;/h5-6,9-10H,4,7-8H2,1-3H3,(H2,15,16,17)(H,18,19,20);1H. The number of nitrogens with one attached hydrogen (secondary N) is 3. The summed E-state index contributed by atoms with van der Waals surface area (Å²) >= 11 is 0. The average molecular weight is 418 g/mol. The summed E-state index contributed by atoms with van der Waals surface area (Å²) in [6.07, 6.45) is 2.30. The van der Waals surface area contributed by atoms with Crippen molar-refractivity contribution in [1.82, 2.24) is 25.8 Å². The van der Waals surface area contributed by atoms with E-state index in [0.717, 1.165) is 18.3 Å². The number of H-pyrrole nitrogens is 1. The third kappa shape index (κ3) is 5.66. The quantitative estimate of drug-likeness (QED) is 0.380. The normalized spacial score (nSPS) is 11.4. The maximum atomic E-state index is 5.26. The van der Waals surface area contributed by atoms with E-state index in [2.05, 4.69) is 44.7 Å². The number of aliphatic imine (C=N–C) groups is 1. The van der Waals surface area contributed by atoms with Crippen LogP contribution in [-0.4, -0.2) is 40.3 Å². The van der Waals surface area contributed by atoms with Crippen LogP contribution in [0.5, 0.6) is 0 Å². The molecule has 122 valence electrons. The van der Waals surface area contributed by atoms with Crippen LogP contribution < -0.4 is 10.6 Å². The number of rotatable bonds is 6. The van der Waals surface area contributed by atoms with Gasteiger partial charge in [-0.1, -0.05) is 0 Å². The third-order valence-electron chi connectivity index (χ3n) is 2.66. The molecule has 0 aliphatic carbocycles. The molecular weight excluding hydrogens is 395 g/mol. The predicted octanol–water partition coefficient (Wildman–Crippen LogP) is 2.19. The van der Waals surface area contributed by atoms with Crippen molar-refractivity contribution in [2.24, 2.45) is 4.99 Å². The van der Waals surface area contributed by atoms with Crippen LogP contribution in [0, 0.1) is 0 Å². The molecule has 8 heteroatoms. The maximum Gasteiger partial charge on any atom is 0.216 e. The summed E-state index contributed by atoms with van der Waals surface area (Å²) in [6, 6.07) is 4.00. The van der Waals surface area contributed by atoms with Crippen molar-refractivity contribution in [3.05, 3.63) is 24.2 Å². The van der Waals surface area contributed by atoms with E-state index in [4.69, 9.17) is 4.42 Å². The van der Waals surface area contributed by atoms with Crippen LogP contribution in [-0.2, 0) is 6.42 Å². The Morgan fingerprint density at radius 3 is 2.91 bits per heavy atom. The molecule has 22 heavy (non-hydrogen) atoms. The minimum atomic E-state index is 0. The van der Waals surface area contributed by atoms with Crippen LogP contribution in [0.2, 0.25) is 0 Å². The molecule has 2 aromatic heterocycles. The van der Waals surface area contributed by atoms with Gasteiger partial charge in [-0.05, 0) is 32.9 Å². The highest BCUT2D eigenvalue weighted by atomic mass is 127. The summed E-state index contributed by atoms with van der Waals surface area (Å²) in [5.74, 6) is 2.85. The van der Waals surface area contributed by atoms with Crippen LogP contribution in [0.3, 0.4) is 0 Å². The van der Waals surface area contributed by atoms with Gasteiger partial charge in [0, 0.05) is 25.6 Å². The van der Waals surface area contributed by atoms with Gasteiger partial charge in [0.05, 0.1) is 6.26 Å². The Balaban J connectivity index is 0.00000242. The van der Waals surface area contributed by atoms with Crippen molar-refractivity contribution in [2.75, 3.05) is 13.1 Å². The third-order valence-corrected chi connectivity index (χ3v) is 2.66. The van der Waals surface area contributed by atoms with Gasteiger partial charge < -0.3 is 15.1 Å². The molecule has 0 bridgehead atoms. The summed E-state index contributed by atoms with van der Waals surface area (Å²) in [5, 5.41) is 13.5. The molecular formula is C14H23IN6O. The highest BCUT2D eigenvalue weighted by molar-refractivity contribution is 14.0. The average Bonchev–Trinajstić information content (AvgIpc) is 3.08. The first-order valence-electron chi connectivity index (χ1n) is 7.19. The molecule has 0 saturated carbocycles. The van der Waals surface area contributed by atoms with E-state index < -0.39 is 0 Å². The number of furan rings is 1. The molecule has 3 N–H and O–H groups in total. The Labute approximate surface area is 147 Å². The minimum Gasteiger partial charge on any atom is -0.461 e. The smallest absolute Gasteiger partial charge is 0.216 e. The zero-order valence-corrected chi connectivity index (χ0v) is 15.4. The molecule has 2 aromatic rings. The SMILES string of the molecule is CCNC(=NCCc1nc(-c2ccco2)n[nH]1)NC(C)C.I. The highest BCUT2D eigenvalue weighted by Crippen LogP contribution is 2.14. The summed E-state index contributed by atoms with van der Waals surface area (Å²) in [6.45, 7) is 7.68. The molecule has 0 fully saturated rings. The molecule has 0 unspecified atom stereocenters. The van der Waals surface area contributed by atoms with Crippen molar-refractivity contribution < 1.29 is 4.42 Å². The summed E-state index contributed by atoms with van der Waals surface area (Å²) in [5.41, 5.74) is 0. The monoisotopic (exact) mass is 418 g/mol. The van der Waals surface area contributed by atoms with E-state index >= 15 is 0 Å². The maximum absolute atomic E-state index is 5.26. The second-order valence-electron chi connectivity index (χ2n) is 4.89. The lowest BCUT2D eigenvalue weighted by molar-refractivity contribution is 0.577. The molecule has 0 radical (unpaired) electrons. The lowest BCUT2D eigenvalue weighted by Crippen LogP contribution is -2.41. The molecule has 2 heterocycles. The predicted molar refractivity (Wildman–Crippen MR) is 97.5 cm³/mol. The molecule has 2 rings (SSSR count). The van der Waals surface area contributed by atoms with Gasteiger partial charge in [0.2, 0.25) is 5.82 Å². The Kier molecular flexibility index (Phi) is 7.92. The second-order valence-corrected chi connectivity index (χ2v) is 4.89. The first-order valence-corrected chi connectivity index (χ1v) is 7.19. The van der Waals surface area contributed by atoms with Gasteiger partial charge in [0.15, 0.2) is 11.7 Å². The van der Waals surface area contributed by atoms with E-state index in [1.54, 1.807) is 6.26 Å². The Morgan fingerprint density at radius 1 is 1.45 bits per heavy atom. The highest BCUT2D eigenvalue weighted by Gasteiger charge is 2.08. The van der Waals surface area contributed by atoms with Crippen LogP contribution in [0.4, 0.5) is 0 Å². The fourth-order valence-corrected chi connectivity index (χ4v) is 1.79. The largest absolute Gasteiger partial charge is 0.461 e. The molecule has 0 aliphatic rings. The molecule has 0 amide bonds. The number of hydrogen-bond donors (Lipinski definition) is 3. The van der Waals surface area contributed by atoms with Gasteiger partial charge in [-0.2, -0.15) is 5.10 Å². The first kappa shape index (κ1) is 18.5. The van der Waals surface area contributed by atoms with Crippen molar-refractivity contribution in [3.8, 4) is 11.6 Å². The van der Waals surface area contributed by atoms with Gasteiger partial charge in [-0.15, -0.1) is 24.0 Å². The first-order chi connectivity index (χ1) is 10.2. The van der Waals surface area contributed by atoms with Crippen LogP contribution in [0.25, 0.3) is 11.6 Å². The topological polar surface area (TPSA) is 91.1 Å². The number of aromatic nitrogens is 3. The second kappa shape index (κ2) is 9.44.